The Balaban J connectivity index is 1.55. The van der Waals surface area contributed by atoms with Crippen LogP contribution >= 0.6 is 0 Å². The van der Waals surface area contributed by atoms with E-state index in [1.165, 1.54) is 5.56 Å². The van der Waals surface area contributed by atoms with Gasteiger partial charge in [-0.25, -0.2) is 0 Å². The lowest BCUT2D eigenvalue weighted by Crippen LogP contribution is -2.52. The maximum absolute atomic E-state index is 12.8. The van der Waals surface area contributed by atoms with E-state index in [0.29, 0.717) is 36.9 Å². The van der Waals surface area contributed by atoms with E-state index in [0.717, 1.165) is 18.8 Å². The van der Waals surface area contributed by atoms with Crippen molar-refractivity contribution in [2.75, 3.05) is 26.2 Å². The first-order valence-electron chi connectivity index (χ1n) is 11.1. The van der Waals surface area contributed by atoms with Crippen LogP contribution in [-0.2, 0) is 11.2 Å². The number of aromatic nitrogens is 3. The van der Waals surface area contributed by atoms with Gasteiger partial charge in [0.25, 0.3) is 5.91 Å². The summed E-state index contributed by atoms with van der Waals surface area (Å²) in [7, 11) is 0. The van der Waals surface area contributed by atoms with Crippen LogP contribution in [0.15, 0.2) is 48.7 Å². The molecular weight excluding hydrogens is 404 g/mol. The second kappa shape index (κ2) is 9.48. The minimum atomic E-state index is -0.128. The number of nitrogens with zero attached hydrogens (tertiary/aromatic N) is 5. The Morgan fingerprint density at radius 1 is 1.09 bits per heavy atom. The highest BCUT2D eigenvalue weighted by Gasteiger charge is 2.34. The molecule has 1 atom stereocenters. The first-order valence-corrected chi connectivity index (χ1v) is 11.1. The number of piperazine rings is 1. The van der Waals surface area contributed by atoms with E-state index in [1.54, 1.807) is 19.2 Å². The van der Waals surface area contributed by atoms with E-state index in [2.05, 4.69) is 46.4 Å². The summed E-state index contributed by atoms with van der Waals surface area (Å²) in [4.78, 5) is 29.0. The van der Waals surface area contributed by atoms with Gasteiger partial charge in [0.15, 0.2) is 11.5 Å². The molecule has 32 heavy (non-hydrogen) atoms. The average Bonchev–Trinajstić information content (AvgIpc) is 3.22. The summed E-state index contributed by atoms with van der Waals surface area (Å²) in [6, 6.07) is 13.9. The molecule has 8 heteroatoms. The molecule has 1 aliphatic heterocycles. The first kappa shape index (κ1) is 22.0. The van der Waals surface area contributed by atoms with Crippen LogP contribution in [0.3, 0.4) is 0 Å². The molecule has 0 bridgehead atoms. The van der Waals surface area contributed by atoms with Gasteiger partial charge in [0.2, 0.25) is 5.91 Å². The smallest absolute Gasteiger partial charge is 0.252 e. The van der Waals surface area contributed by atoms with Crippen molar-refractivity contribution in [1.82, 2.24) is 29.7 Å². The molecule has 168 valence electrons. The fourth-order valence-electron chi connectivity index (χ4n) is 4.27. The van der Waals surface area contributed by atoms with Gasteiger partial charge in [0, 0.05) is 45.3 Å². The monoisotopic (exact) mass is 434 g/mol. The Labute approximate surface area is 188 Å². The molecule has 0 radical (unpaired) electrons. The van der Waals surface area contributed by atoms with Crippen molar-refractivity contribution < 1.29 is 9.59 Å². The van der Waals surface area contributed by atoms with Gasteiger partial charge in [-0.2, -0.15) is 0 Å². The predicted molar refractivity (Wildman–Crippen MR) is 122 cm³/mol. The van der Waals surface area contributed by atoms with Gasteiger partial charge in [0.05, 0.1) is 11.6 Å². The van der Waals surface area contributed by atoms with Crippen LogP contribution in [0.5, 0.6) is 0 Å². The molecular formula is C24H30N6O2. The Morgan fingerprint density at radius 3 is 2.59 bits per heavy atom. The average molecular weight is 435 g/mol. The van der Waals surface area contributed by atoms with Crippen molar-refractivity contribution >= 4 is 17.5 Å². The number of carbonyl (C=O) groups excluding carboxylic acids is 2. The highest BCUT2D eigenvalue weighted by molar-refractivity contribution is 5.94. The van der Waals surface area contributed by atoms with Gasteiger partial charge in [-0.1, -0.05) is 30.3 Å². The summed E-state index contributed by atoms with van der Waals surface area (Å²) in [6.45, 7) is 8.49. The van der Waals surface area contributed by atoms with E-state index in [-0.39, 0.29) is 17.9 Å². The molecule has 4 rings (SSSR count). The molecule has 1 unspecified atom stereocenters. The molecule has 3 aromatic rings. The summed E-state index contributed by atoms with van der Waals surface area (Å²) in [6.07, 6.45) is 2.58. The minimum Gasteiger partial charge on any atom is -0.352 e. The number of pyridine rings is 1. The fourth-order valence-corrected chi connectivity index (χ4v) is 4.27. The lowest BCUT2D eigenvalue weighted by Gasteiger charge is -2.42. The van der Waals surface area contributed by atoms with Crippen LogP contribution in [0, 0.1) is 0 Å². The maximum Gasteiger partial charge on any atom is 0.252 e. The quantitative estimate of drug-likeness (QED) is 0.644. The van der Waals surface area contributed by atoms with E-state index < -0.39 is 0 Å². The lowest BCUT2D eigenvalue weighted by atomic mass is 10.1. The summed E-state index contributed by atoms with van der Waals surface area (Å²) in [5, 5.41) is 11.8. The third-order valence-electron chi connectivity index (χ3n) is 6.06. The molecule has 1 aromatic carbocycles. The Kier molecular flexibility index (Phi) is 6.50. The molecule has 8 nitrogen and oxygen atoms in total. The van der Waals surface area contributed by atoms with Crippen molar-refractivity contribution in [2.45, 2.75) is 39.3 Å². The van der Waals surface area contributed by atoms with Crippen molar-refractivity contribution in [3.05, 3.63) is 65.6 Å². The molecule has 1 fully saturated rings. The topological polar surface area (TPSA) is 82.8 Å². The van der Waals surface area contributed by atoms with Gasteiger partial charge in [-0.15, -0.1) is 10.2 Å². The van der Waals surface area contributed by atoms with Crippen LogP contribution in [-0.4, -0.2) is 68.4 Å². The van der Waals surface area contributed by atoms with Crippen LogP contribution in [0.25, 0.3) is 5.65 Å². The lowest BCUT2D eigenvalue weighted by molar-refractivity contribution is -0.132. The molecule has 3 heterocycles. The molecule has 1 saturated heterocycles. The van der Waals surface area contributed by atoms with Crippen LogP contribution in [0.4, 0.5) is 0 Å². The largest absolute Gasteiger partial charge is 0.352 e. The number of hydrogen-bond acceptors (Lipinski definition) is 5. The zero-order valence-corrected chi connectivity index (χ0v) is 18.9. The van der Waals surface area contributed by atoms with Gasteiger partial charge < -0.3 is 10.2 Å². The van der Waals surface area contributed by atoms with Crippen LogP contribution in [0.2, 0.25) is 0 Å². The summed E-state index contributed by atoms with van der Waals surface area (Å²) in [5.74, 6) is 0.682. The van der Waals surface area contributed by atoms with E-state index >= 15 is 0 Å². The minimum absolute atomic E-state index is 0.0608. The van der Waals surface area contributed by atoms with E-state index in [1.807, 2.05) is 33.6 Å². The predicted octanol–water partition coefficient (Wildman–Crippen LogP) is 2.32. The summed E-state index contributed by atoms with van der Waals surface area (Å²) < 4.78 is 1.88. The molecule has 2 aromatic heterocycles. The van der Waals surface area contributed by atoms with E-state index in [4.69, 9.17) is 0 Å². The highest BCUT2D eigenvalue weighted by atomic mass is 16.2. The van der Waals surface area contributed by atoms with Crippen molar-refractivity contribution in [2.24, 2.45) is 0 Å². The highest BCUT2D eigenvalue weighted by Crippen LogP contribution is 2.27. The zero-order chi connectivity index (χ0) is 22.7. The summed E-state index contributed by atoms with van der Waals surface area (Å²) in [5.41, 5.74) is 2.43. The van der Waals surface area contributed by atoms with Crippen molar-refractivity contribution in [3.8, 4) is 0 Å². The van der Waals surface area contributed by atoms with Crippen molar-refractivity contribution in [3.63, 3.8) is 0 Å². The Hall–Kier alpha value is -3.26. The number of hydrogen-bond donors (Lipinski definition) is 1. The second-order valence-corrected chi connectivity index (χ2v) is 8.51. The normalized spacial score (nSPS) is 17.1. The van der Waals surface area contributed by atoms with Crippen LogP contribution in [0.1, 0.15) is 48.6 Å². The maximum atomic E-state index is 12.8. The molecule has 0 saturated carbocycles. The number of fused-ring (bicyclic) bond motifs is 1. The first-order chi connectivity index (χ1) is 15.4. The Morgan fingerprint density at radius 2 is 1.88 bits per heavy atom. The molecule has 2 amide bonds. The Bertz CT molecular complexity index is 1090. The van der Waals surface area contributed by atoms with Gasteiger partial charge in [-0.05, 0) is 38.0 Å². The molecule has 1 N–H and O–H groups in total. The number of benzene rings is 1. The second-order valence-electron chi connectivity index (χ2n) is 8.51. The van der Waals surface area contributed by atoms with Crippen molar-refractivity contribution in [1.29, 1.82) is 0 Å². The standard InChI is InChI=1S/C24H30N6O2/c1-17(2)29-14-13-28(18(3)31)16-21(29)23-27-26-22-10-9-20(15-30(22)23)24(32)25-12-11-19-7-5-4-6-8-19/h4-10,15,17,21H,11-14,16H2,1-3H3,(H,25,32). The number of nitrogens with one attached hydrogen (secondary N) is 1. The molecule has 1 aliphatic rings. The molecule has 0 aliphatic carbocycles. The zero-order valence-electron chi connectivity index (χ0n) is 18.9. The number of amides is 2. The fraction of sp³-hybridized carbons (Fsp3) is 0.417. The van der Waals surface area contributed by atoms with Gasteiger partial charge in [0.1, 0.15) is 0 Å². The van der Waals surface area contributed by atoms with Gasteiger partial charge in [-0.3, -0.25) is 18.9 Å². The SMILES string of the molecule is CC(=O)N1CCN(C(C)C)C(c2nnc3ccc(C(=O)NCCc4ccccc4)cn23)C1. The summed E-state index contributed by atoms with van der Waals surface area (Å²) >= 11 is 0. The third kappa shape index (κ3) is 4.65. The number of rotatable bonds is 6. The van der Waals surface area contributed by atoms with E-state index in [9.17, 15) is 9.59 Å². The number of carbonyl (C=O) groups is 2. The molecule has 0 spiro atoms. The van der Waals surface area contributed by atoms with Gasteiger partial charge >= 0.3 is 0 Å². The third-order valence-corrected chi connectivity index (χ3v) is 6.06. The van der Waals surface area contributed by atoms with Crippen LogP contribution < -0.4 is 5.32 Å².